The van der Waals surface area contributed by atoms with Crippen molar-refractivity contribution in [2.24, 2.45) is 0 Å². The minimum absolute atomic E-state index is 0.225. The Hall–Kier alpha value is -1.89. The Morgan fingerprint density at radius 2 is 0.919 bits per heavy atom. The first kappa shape index (κ1) is 35.1. The number of carboxylic acid groups (broad SMARTS) is 3. The van der Waals surface area contributed by atoms with Crippen molar-refractivity contribution in [3.63, 3.8) is 0 Å². The second kappa shape index (κ2) is 24.4. The SMILES string of the molecule is CCCCC/C=C/CCCCCCCCCCCCCCCCC[N+](CC(=O)[O-])(CC(=O)O)CC(=O)O. The quantitative estimate of drug-likeness (QED) is 0.0724. The molecule has 7 heteroatoms. The molecule has 0 aromatic rings. The first-order chi connectivity index (χ1) is 17.8. The molecule has 0 unspecified atom stereocenters. The van der Waals surface area contributed by atoms with Gasteiger partial charge in [0, 0.05) is 0 Å². The summed E-state index contributed by atoms with van der Waals surface area (Å²) in [5.74, 6) is -3.81. The van der Waals surface area contributed by atoms with E-state index in [4.69, 9.17) is 10.2 Å². The van der Waals surface area contributed by atoms with E-state index in [1.807, 2.05) is 0 Å². The number of carbonyl (C=O) groups excluding carboxylic acids is 1. The van der Waals surface area contributed by atoms with Crippen LogP contribution in [0, 0.1) is 0 Å². The molecule has 0 rings (SSSR count). The molecule has 0 aliphatic heterocycles. The second-order valence-electron chi connectivity index (χ2n) is 10.8. The summed E-state index contributed by atoms with van der Waals surface area (Å²) >= 11 is 0. The Labute approximate surface area is 225 Å². The summed E-state index contributed by atoms with van der Waals surface area (Å²) in [6.07, 6.45) is 29.2. The van der Waals surface area contributed by atoms with Crippen LogP contribution in [0.15, 0.2) is 12.2 Å². The van der Waals surface area contributed by atoms with Crippen molar-refractivity contribution in [3.8, 4) is 0 Å². The molecule has 0 saturated carbocycles. The summed E-state index contributed by atoms with van der Waals surface area (Å²) in [6, 6.07) is 0. The van der Waals surface area contributed by atoms with E-state index in [0.29, 0.717) is 6.42 Å². The van der Waals surface area contributed by atoms with Gasteiger partial charge in [0.25, 0.3) is 0 Å². The topological polar surface area (TPSA) is 115 Å². The van der Waals surface area contributed by atoms with Crippen LogP contribution in [0.3, 0.4) is 0 Å². The summed E-state index contributed by atoms with van der Waals surface area (Å²) in [7, 11) is 0. The number of hydrogen-bond donors (Lipinski definition) is 2. The molecule has 37 heavy (non-hydrogen) atoms. The summed E-state index contributed by atoms with van der Waals surface area (Å²) in [4.78, 5) is 33.4. The summed E-state index contributed by atoms with van der Waals surface area (Å²) in [6.45, 7) is 0.850. The Bertz CT molecular complexity index is 578. The van der Waals surface area contributed by atoms with Gasteiger partial charge in [-0.25, -0.2) is 9.59 Å². The third-order valence-electron chi connectivity index (χ3n) is 7.05. The molecule has 0 aliphatic rings. The molecule has 0 spiro atoms. The van der Waals surface area contributed by atoms with Gasteiger partial charge in [-0.3, -0.25) is 0 Å². The number of quaternary nitrogens is 1. The maximum absolute atomic E-state index is 11.2. The molecule has 0 amide bonds. The lowest BCUT2D eigenvalue weighted by Gasteiger charge is -2.36. The molecule has 0 saturated heterocycles. The molecule has 2 N–H and O–H groups in total. The van der Waals surface area contributed by atoms with Crippen LogP contribution in [0.1, 0.15) is 135 Å². The monoisotopic (exact) mass is 525 g/mol. The molecule has 0 heterocycles. The van der Waals surface area contributed by atoms with E-state index < -0.39 is 42.0 Å². The van der Waals surface area contributed by atoms with Gasteiger partial charge in [-0.2, -0.15) is 0 Å². The average molecular weight is 526 g/mol. The van der Waals surface area contributed by atoms with Gasteiger partial charge in [0.15, 0.2) is 13.1 Å². The van der Waals surface area contributed by atoms with Crippen LogP contribution in [0.4, 0.5) is 0 Å². The zero-order valence-corrected chi connectivity index (χ0v) is 23.6. The summed E-state index contributed by atoms with van der Waals surface area (Å²) in [5.41, 5.74) is 0. The molecule has 0 bridgehead atoms. The lowest BCUT2D eigenvalue weighted by Crippen LogP contribution is -2.59. The summed E-state index contributed by atoms with van der Waals surface area (Å²) < 4.78 is -0.496. The fourth-order valence-electron chi connectivity index (χ4n) is 5.01. The molecule has 0 aromatic carbocycles. The molecule has 0 fully saturated rings. The Balaban J connectivity index is 3.63. The van der Waals surface area contributed by atoms with Crippen molar-refractivity contribution < 1.29 is 34.2 Å². The Morgan fingerprint density at radius 3 is 1.27 bits per heavy atom. The lowest BCUT2D eigenvalue weighted by atomic mass is 10.0. The number of unbranched alkanes of at least 4 members (excludes halogenated alkanes) is 18. The van der Waals surface area contributed by atoms with Gasteiger partial charge >= 0.3 is 11.9 Å². The third kappa shape index (κ3) is 24.2. The minimum atomic E-state index is -1.42. The molecule has 216 valence electrons. The molecular formula is C30H55NO6. The fourth-order valence-corrected chi connectivity index (χ4v) is 5.01. The zero-order chi connectivity index (χ0) is 27.6. The molecular weight excluding hydrogens is 470 g/mol. The molecule has 0 atom stereocenters. The van der Waals surface area contributed by atoms with Crippen LogP contribution >= 0.6 is 0 Å². The highest BCUT2D eigenvalue weighted by Gasteiger charge is 2.33. The zero-order valence-electron chi connectivity index (χ0n) is 23.6. The molecule has 0 radical (unpaired) electrons. The highest BCUT2D eigenvalue weighted by Crippen LogP contribution is 2.15. The normalized spacial score (nSPS) is 11.8. The van der Waals surface area contributed by atoms with Crippen molar-refractivity contribution in [3.05, 3.63) is 12.2 Å². The number of carbonyl (C=O) groups is 3. The number of allylic oxidation sites excluding steroid dienone is 2. The third-order valence-corrected chi connectivity index (χ3v) is 7.05. The fraction of sp³-hybridized carbons (Fsp3) is 0.833. The number of hydrogen-bond acceptors (Lipinski definition) is 4. The van der Waals surface area contributed by atoms with E-state index in [9.17, 15) is 19.5 Å². The van der Waals surface area contributed by atoms with Crippen molar-refractivity contribution in [1.29, 1.82) is 0 Å². The van der Waals surface area contributed by atoms with Crippen molar-refractivity contribution in [1.82, 2.24) is 0 Å². The number of carboxylic acids is 3. The van der Waals surface area contributed by atoms with Crippen molar-refractivity contribution >= 4 is 17.9 Å². The number of aliphatic carboxylic acids is 3. The lowest BCUT2D eigenvalue weighted by molar-refractivity contribution is -0.909. The second-order valence-corrected chi connectivity index (χ2v) is 10.8. The van der Waals surface area contributed by atoms with E-state index in [2.05, 4.69) is 19.1 Å². The Morgan fingerprint density at radius 1 is 0.568 bits per heavy atom. The van der Waals surface area contributed by atoms with E-state index in [1.165, 1.54) is 103 Å². The van der Waals surface area contributed by atoms with Gasteiger partial charge in [0.1, 0.15) is 6.54 Å². The van der Waals surface area contributed by atoms with Crippen LogP contribution in [-0.4, -0.2) is 58.8 Å². The van der Waals surface area contributed by atoms with Crippen LogP contribution < -0.4 is 5.11 Å². The standard InChI is InChI=1S/C30H55NO6/c1-2-3-4-5-6-7-8-9-10-11-12-13-14-15-16-17-18-19-20-21-22-23-24-31(25-28(32)33,26-29(34)35)27-30(36)37/h6-7H,2-5,8-27H2,1H3,(H2-,32,33,34,35,36,37)/b7-6+. The Kier molecular flexibility index (Phi) is 23.2. The van der Waals surface area contributed by atoms with E-state index >= 15 is 0 Å². The average Bonchev–Trinajstić information content (AvgIpc) is 2.81. The van der Waals surface area contributed by atoms with Gasteiger partial charge < -0.3 is 24.6 Å². The largest absolute Gasteiger partial charge is 0.544 e. The number of nitrogens with zero attached hydrogens (tertiary/aromatic N) is 1. The first-order valence-corrected chi connectivity index (χ1v) is 14.9. The molecule has 0 aromatic heterocycles. The van der Waals surface area contributed by atoms with E-state index in [0.717, 1.165) is 19.3 Å². The first-order valence-electron chi connectivity index (χ1n) is 14.9. The molecule has 0 aliphatic carbocycles. The van der Waals surface area contributed by atoms with E-state index in [1.54, 1.807) is 0 Å². The van der Waals surface area contributed by atoms with Gasteiger partial charge in [-0.1, -0.05) is 109 Å². The van der Waals surface area contributed by atoms with Crippen LogP contribution in [0.5, 0.6) is 0 Å². The van der Waals surface area contributed by atoms with Gasteiger partial charge in [-0.05, 0) is 38.5 Å². The number of rotatable bonds is 28. The van der Waals surface area contributed by atoms with Gasteiger partial charge in [0.2, 0.25) is 0 Å². The maximum Gasteiger partial charge on any atom is 0.359 e. The van der Waals surface area contributed by atoms with Crippen LogP contribution in [0.25, 0.3) is 0 Å². The predicted molar refractivity (Wildman–Crippen MR) is 147 cm³/mol. The highest BCUT2D eigenvalue weighted by molar-refractivity contribution is 5.72. The van der Waals surface area contributed by atoms with E-state index in [-0.39, 0.29) is 6.54 Å². The smallest absolute Gasteiger partial charge is 0.359 e. The van der Waals surface area contributed by atoms with Crippen molar-refractivity contribution in [2.45, 2.75) is 135 Å². The van der Waals surface area contributed by atoms with Gasteiger partial charge in [0.05, 0.1) is 12.5 Å². The van der Waals surface area contributed by atoms with Crippen molar-refractivity contribution in [2.75, 3.05) is 26.2 Å². The van der Waals surface area contributed by atoms with Gasteiger partial charge in [-0.15, -0.1) is 0 Å². The highest BCUT2D eigenvalue weighted by atomic mass is 16.4. The predicted octanol–water partition coefficient (Wildman–Crippen LogP) is 6.10. The minimum Gasteiger partial charge on any atom is -0.544 e. The summed E-state index contributed by atoms with van der Waals surface area (Å²) in [5, 5.41) is 29.3. The molecule has 7 nitrogen and oxygen atoms in total. The van der Waals surface area contributed by atoms with Crippen LogP contribution in [-0.2, 0) is 14.4 Å². The maximum atomic E-state index is 11.2. The van der Waals surface area contributed by atoms with Crippen LogP contribution in [0.2, 0.25) is 0 Å².